The highest BCUT2D eigenvalue weighted by molar-refractivity contribution is 8.01. The average Bonchev–Trinajstić information content (AvgIpc) is 2.95. The molecule has 1 heterocycles. The number of halogens is 2. The Kier molecular flexibility index (Phi) is 4.95. The monoisotopic (exact) mass is 364 g/mol. The van der Waals surface area contributed by atoms with Gasteiger partial charge in [-0.1, -0.05) is 35.5 Å². The molecule has 3 nitrogen and oxygen atoms in total. The third-order valence-electron chi connectivity index (χ3n) is 2.89. The number of hydrogen-bond donors (Lipinski definition) is 1. The van der Waals surface area contributed by atoms with Crippen molar-refractivity contribution in [1.29, 1.82) is 0 Å². The average molecular weight is 365 g/mol. The largest absolute Gasteiger partial charge is 0.322 e. The topological polar surface area (TPSA) is 42.0 Å². The number of nitrogens with zero attached hydrogens (tertiary/aromatic N) is 1. The first-order chi connectivity index (χ1) is 11.1. The quantitative estimate of drug-likeness (QED) is 0.679. The molecule has 0 atom stereocenters. The van der Waals surface area contributed by atoms with E-state index in [1.165, 1.54) is 47.4 Å². The highest BCUT2D eigenvalue weighted by atomic mass is 35.5. The lowest BCUT2D eigenvalue weighted by atomic mass is 10.2. The molecule has 1 aromatic heterocycles. The molecule has 1 N–H and O–H groups in total. The van der Waals surface area contributed by atoms with E-state index in [-0.39, 0.29) is 11.7 Å². The van der Waals surface area contributed by atoms with Crippen molar-refractivity contribution in [1.82, 2.24) is 4.98 Å². The first kappa shape index (κ1) is 16.0. The van der Waals surface area contributed by atoms with Crippen LogP contribution in [0.25, 0.3) is 0 Å². The van der Waals surface area contributed by atoms with Gasteiger partial charge in [0.1, 0.15) is 11.0 Å². The molecule has 0 saturated heterocycles. The number of nitrogens with one attached hydrogen (secondary N) is 1. The van der Waals surface area contributed by atoms with Gasteiger partial charge in [-0.2, -0.15) is 0 Å². The smallest absolute Gasteiger partial charge is 0.256 e. The second-order valence-corrected chi connectivity index (χ2v) is 7.03. The van der Waals surface area contributed by atoms with Crippen LogP contribution in [0.4, 0.5) is 10.1 Å². The third kappa shape index (κ3) is 4.10. The van der Waals surface area contributed by atoms with Gasteiger partial charge in [-0.25, -0.2) is 9.37 Å². The van der Waals surface area contributed by atoms with E-state index >= 15 is 0 Å². The van der Waals surface area contributed by atoms with Crippen molar-refractivity contribution >= 4 is 46.3 Å². The van der Waals surface area contributed by atoms with Crippen molar-refractivity contribution in [3.8, 4) is 0 Å². The lowest BCUT2D eigenvalue weighted by molar-refractivity contribution is 0.102. The molecular formula is C16H10ClFN2OS2. The molecule has 2 aromatic carbocycles. The summed E-state index contributed by atoms with van der Waals surface area (Å²) in [5.74, 6) is -0.609. The van der Waals surface area contributed by atoms with E-state index in [9.17, 15) is 9.18 Å². The van der Waals surface area contributed by atoms with E-state index in [0.717, 1.165) is 9.24 Å². The maximum Gasteiger partial charge on any atom is 0.256 e. The molecule has 0 aliphatic heterocycles. The lowest BCUT2D eigenvalue weighted by Crippen LogP contribution is -2.12. The second-order valence-electron chi connectivity index (χ2n) is 4.50. The van der Waals surface area contributed by atoms with Crippen molar-refractivity contribution < 1.29 is 9.18 Å². The van der Waals surface area contributed by atoms with Crippen LogP contribution < -0.4 is 5.32 Å². The number of carbonyl (C=O) groups excluding carboxylic acids is 1. The zero-order valence-corrected chi connectivity index (χ0v) is 14.0. The minimum absolute atomic E-state index is 0.262. The fourth-order valence-corrected chi connectivity index (χ4v) is 3.93. The zero-order chi connectivity index (χ0) is 16.2. The number of rotatable bonds is 4. The van der Waals surface area contributed by atoms with Gasteiger partial charge in [0, 0.05) is 16.0 Å². The minimum atomic E-state index is -0.348. The molecule has 0 unspecified atom stereocenters. The maximum atomic E-state index is 12.9. The Morgan fingerprint density at radius 3 is 2.61 bits per heavy atom. The Bertz CT molecular complexity index is 836. The van der Waals surface area contributed by atoms with Crippen LogP contribution in [-0.2, 0) is 0 Å². The van der Waals surface area contributed by atoms with Crippen molar-refractivity contribution in [2.75, 3.05) is 5.32 Å². The van der Waals surface area contributed by atoms with E-state index < -0.39 is 0 Å². The first-order valence-electron chi connectivity index (χ1n) is 6.56. The van der Waals surface area contributed by atoms with Gasteiger partial charge >= 0.3 is 0 Å². The van der Waals surface area contributed by atoms with Crippen LogP contribution >= 0.6 is 34.7 Å². The van der Waals surface area contributed by atoms with Gasteiger partial charge in [-0.15, -0.1) is 11.3 Å². The van der Waals surface area contributed by atoms with Crippen LogP contribution in [0, 0.1) is 5.82 Å². The van der Waals surface area contributed by atoms with E-state index in [0.29, 0.717) is 16.4 Å². The normalized spacial score (nSPS) is 10.5. The van der Waals surface area contributed by atoms with E-state index in [2.05, 4.69) is 10.3 Å². The predicted molar refractivity (Wildman–Crippen MR) is 92.0 cm³/mol. The van der Waals surface area contributed by atoms with Crippen LogP contribution in [0.15, 0.2) is 63.1 Å². The molecule has 3 rings (SSSR count). The Morgan fingerprint density at radius 1 is 1.17 bits per heavy atom. The predicted octanol–water partition coefficient (Wildman–Crippen LogP) is 5.34. The van der Waals surface area contributed by atoms with Crippen molar-refractivity contribution in [3.05, 3.63) is 70.4 Å². The molecule has 3 aromatic rings. The van der Waals surface area contributed by atoms with E-state index in [4.69, 9.17) is 11.6 Å². The molecule has 0 radical (unpaired) electrons. The standard InChI is InChI=1S/C16H10ClFN2OS2/c17-14-9-22-16(20-14)23-13-4-2-1-3-12(13)15(21)19-11-7-5-10(18)6-8-11/h1-9H,(H,19,21). The summed E-state index contributed by atoms with van der Waals surface area (Å²) in [6.07, 6.45) is 0. The highest BCUT2D eigenvalue weighted by Gasteiger charge is 2.13. The van der Waals surface area contributed by atoms with Gasteiger partial charge in [0.15, 0.2) is 4.34 Å². The van der Waals surface area contributed by atoms with E-state index in [1.807, 2.05) is 12.1 Å². The van der Waals surface area contributed by atoms with Crippen LogP contribution in [0.1, 0.15) is 10.4 Å². The number of anilines is 1. The minimum Gasteiger partial charge on any atom is -0.322 e. The second kappa shape index (κ2) is 7.12. The molecule has 0 spiro atoms. The number of amides is 1. The summed E-state index contributed by atoms with van der Waals surface area (Å²) in [5, 5.41) is 4.93. The van der Waals surface area contributed by atoms with Crippen molar-refractivity contribution in [2.24, 2.45) is 0 Å². The number of thiazole rings is 1. The molecule has 0 saturated carbocycles. The molecule has 0 aliphatic carbocycles. The van der Waals surface area contributed by atoms with Crippen molar-refractivity contribution in [3.63, 3.8) is 0 Å². The van der Waals surface area contributed by atoms with Crippen LogP contribution in [-0.4, -0.2) is 10.9 Å². The molecule has 116 valence electrons. The first-order valence-corrected chi connectivity index (χ1v) is 8.64. The molecule has 1 amide bonds. The van der Waals surface area contributed by atoms with Crippen LogP contribution in [0.3, 0.4) is 0 Å². The Morgan fingerprint density at radius 2 is 1.91 bits per heavy atom. The summed E-state index contributed by atoms with van der Waals surface area (Å²) in [6, 6.07) is 12.9. The Labute approximate surface area is 145 Å². The summed E-state index contributed by atoms with van der Waals surface area (Å²) in [5.41, 5.74) is 1.06. The molecule has 0 fully saturated rings. The van der Waals surface area contributed by atoms with Crippen LogP contribution in [0.5, 0.6) is 0 Å². The number of aromatic nitrogens is 1. The number of benzene rings is 2. The maximum absolute atomic E-state index is 12.9. The summed E-state index contributed by atoms with van der Waals surface area (Å²) in [4.78, 5) is 17.4. The summed E-state index contributed by atoms with van der Waals surface area (Å²) in [7, 11) is 0. The summed E-state index contributed by atoms with van der Waals surface area (Å²) >= 11 is 8.62. The molecule has 23 heavy (non-hydrogen) atoms. The molecule has 0 aliphatic rings. The van der Waals surface area contributed by atoms with Gasteiger partial charge in [-0.3, -0.25) is 4.79 Å². The third-order valence-corrected chi connectivity index (χ3v) is 5.22. The number of hydrogen-bond acceptors (Lipinski definition) is 4. The van der Waals surface area contributed by atoms with Gasteiger partial charge in [0.05, 0.1) is 5.56 Å². The van der Waals surface area contributed by atoms with Crippen LogP contribution in [0.2, 0.25) is 5.15 Å². The lowest BCUT2D eigenvalue weighted by Gasteiger charge is -2.09. The molecular weight excluding hydrogens is 355 g/mol. The Hall–Kier alpha value is -1.89. The van der Waals surface area contributed by atoms with Gasteiger partial charge in [0.2, 0.25) is 0 Å². The summed E-state index contributed by atoms with van der Waals surface area (Å²) < 4.78 is 13.7. The van der Waals surface area contributed by atoms with Gasteiger partial charge in [0.25, 0.3) is 5.91 Å². The molecule has 7 heteroatoms. The van der Waals surface area contributed by atoms with E-state index in [1.54, 1.807) is 17.5 Å². The summed E-state index contributed by atoms with van der Waals surface area (Å²) in [6.45, 7) is 0. The van der Waals surface area contributed by atoms with Gasteiger partial charge in [-0.05, 0) is 36.4 Å². The molecule has 0 bridgehead atoms. The number of carbonyl (C=O) groups is 1. The van der Waals surface area contributed by atoms with Crippen molar-refractivity contribution in [2.45, 2.75) is 9.24 Å². The van der Waals surface area contributed by atoms with Gasteiger partial charge < -0.3 is 5.32 Å². The Balaban J connectivity index is 1.81. The fraction of sp³-hybridized carbons (Fsp3) is 0. The highest BCUT2D eigenvalue weighted by Crippen LogP contribution is 2.33. The fourth-order valence-electron chi connectivity index (χ4n) is 1.85. The zero-order valence-electron chi connectivity index (χ0n) is 11.6. The SMILES string of the molecule is O=C(Nc1ccc(F)cc1)c1ccccc1Sc1nc(Cl)cs1.